The van der Waals surface area contributed by atoms with Gasteiger partial charge in [0.2, 0.25) is 0 Å². The molecule has 45 heavy (non-hydrogen) atoms. The molecule has 6 rings (SSSR count). The SMILES string of the molecule is CC(C)(C)OC(=O)n1cc(C[C@H](NC(=O)OCC2c3ccccc3-c3ccccc32)C(=O)O)c2ccc(-c3ccccn3)cc21. The Morgan fingerprint density at radius 3 is 2.22 bits per heavy atom. The lowest BCUT2D eigenvalue weighted by Gasteiger charge is -2.19. The summed E-state index contributed by atoms with van der Waals surface area (Å²) in [7, 11) is 0. The number of nitrogens with one attached hydrogen (secondary N) is 1. The Labute approximate surface area is 260 Å². The molecule has 9 heteroatoms. The molecule has 228 valence electrons. The first-order valence-electron chi connectivity index (χ1n) is 14.7. The van der Waals surface area contributed by atoms with Crippen LogP contribution in [0.1, 0.15) is 43.4 Å². The van der Waals surface area contributed by atoms with Crippen LogP contribution in [-0.4, -0.2) is 51.1 Å². The average molecular weight is 604 g/mol. The maximum Gasteiger partial charge on any atom is 0.419 e. The normalized spacial score (nSPS) is 13.1. The van der Waals surface area contributed by atoms with Gasteiger partial charge in [0.1, 0.15) is 18.2 Å². The summed E-state index contributed by atoms with van der Waals surface area (Å²) in [6, 6.07) is 25.7. The van der Waals surface area contributed by atoms with E-state index in [1.165, 1.54) is 4.57 Å². The number of benzene rings is 3. The number of fused-ring (bicyclic) bond motifs is 4. The number of nitrogens with zero attached hydrogens (tertiary/aromatic N) is 2. The summed E-state index contributed by atoms with van der Waals surface area (Å²) in [5.74, 6) is -1.39. The van der Waals surface area contributed by atoms with E-state index in [1.807, 2.05) is 84.9 Å². The quantitative estimate of drug-likeness (QED) is 0.205. The van der Waals surface area contributed by atoms with Gasteiger partial charge in [-0.2, -0.15) is 0 Å². The fourth-order valence-corrected chi connectivity index (χ4v) is 5.82. The molecule has 2 N–H and O–H groups in total. The van der Waals surface area contributed by atoms with Gasteiger partial charge in [-0.15, -0.1) is 0 Å². The first kappa shape index (κ1) is 29.6. The molecular formula is C36H33N3O6. The van der Waals surface area contributed by atoms with E-state index < -0.39 is 29.8 Å². The fourth-order valence-electron chi connectivity index (χ4n) is 5.82. The smallest absolute Gasteiger partial charge is 0.419 e. The van der Waals surface area contributed by atoms with Crippen LogP contribution in [0.15, 0.2) is 97.3 Å². The standard InChI is InChI=1S/C36H33N3O6/c1-36(2,3)45-35(43)39-20-23(24-16-15-22(19-32(24)39)30-14-8-9-17-37-30)18-31(33(40)41)38-34(42)44-21-29-27-12-6-4-10-25(27)26-11-5-7-13-28(26)29/h4-17,19-20,29,31H,18,21H2,1-3H3,(H,38,42)(H,40,41)/t31-/m0/s1. The van der Waals surface area contributed by atoms with Crippen LogP contribution in [0.2, 0.25) is 0 Å². The number of hydrogen-bond acceptors (Lipinski definition) is 6. The molecule has 1 aliphatic carbocycles. The molecule has 1 aliphatic rings. The van der Waals surface area contributed by atoms with Crippen molar-refractivity contribution >= 4 is 29.1 Å². The molecule has 0 saturated carbocycles. The van der Waals surface area contributed by atoms with Gasteiger partial charge in [0.05, 0.1) is 11.2 Å². The summed E-state index contributed by atoms with van der Waals surface area (Å²) in [6.45, 7) is 5.38. The molecule has 0 unspecified atom stereocenters. The number of aliphatic carboxylic acids is 1. The third kappa shape index (κ3) is 6.15. The summed E-state index contributed by atoms with van der Waals surface area (Å²) in [6.07, 6.45) is 1.72. The number of pyridine rings is 1. The molecule has 0 spiro atoms. The Morgan fingerprint density at radius 2 is 1.60 bits per heavy atom. The van der Waals surface area contributed by atoms with Crippen LogP contribution < -0.4 is 5.32 Å². The van der Waals surface area contributed by atoms with Crippen molar-refractivity contribution in [2.75, 3.05) is 6.61 Å². The highest BCUT2D eigenvalue weighted by Crippen LogP contribution is 2.44. The van der Waals surface area contributed by atoms with Crippen molar-refractivity contribution in [3.05, 3.63) is 114 Å². The highest BCUT2D eigenvalue weighted by molar-refractivity contribution is 5.95. The van der Waals surface area contributed by atoms with E-state index in [0.29, 0.717) is 16.5 Å². The van der Waals surface area contributed by atoms with Crippen molar-refractivity contribution in [1.29, 1.82) is 0 Å². The molecule has 0 bridgehead atoms. The number of carboxylic acids is 1. The first-order valence-corrected chi connectivity index (χ1v) is 14.7. The van der Waals surface area contributed by atoms with Gasteiger partial charge in [-0.3, -0.25) is 9.55 Å². The van der Waals surface area contributed by atoms with Gasteiger partial charge in [-0.1, -0.05) is 66.7 Å². The van der Waals surface area contributed by atoms with Crippen molar-refractivity contribution in [3.63, 3.8) is 0 Å². The second-order valence-electron chi connectivity index (χ2n) is 12.0. The highest BCUT2D eigenvalue weighted by Gasteiger charge is 2.30. The summed E-state index contributed by atoms with van der Waals surface area (Å²) >= 11 is 0. The Hall–Kier alpha value is -5.44. The molecule has 0 fully saturated rings. The molecule has 0 radical (unpaired) electrons. The highest BCUT2D eigenvalue weighted by atomic mass is 16.6. The van der Waals surface area contributed by atoms with E-state index in [9.17, 15) is 19.5 Å². The van der Waals surface area contributed by atoms with Crippen molar-refractivity contribution in [3.8, 4) is 22.4 Å². The maximum absolute atomic E-state index is 13.2. The van der Waals surface area contributed by atoms with E-state index in [1.54, 1.807) is 33.2 Å². The number of carbonyl (C=O) groups excluding carboxylic acids is 2. The molecule has 0 aliphatic heterocycles. The van der Waals surface area contributed by atoms with Crippen molar-refractivity contribution in [2.45, 2.75) is 44.8 Å². The number of carboxylic acid groups (broad SMARTS) is 1. The largest absolute Gasteiger partial charge is 0.480 e. The molecule has 0 saturated heterocycles. The number of carbonyl (C=O) groups is 3. The lowest BCUT2D eigenvalue weighted by molar-refractivity contribution is -0.139. The third-order valence-corrected chi connectivity index (χ3v) is 7.80. The van der Waals surface area contributed by atoms with Crippen LogP contribution in [-0.2, 0) is 20.7 Å². The molecule has 2 heterocycles. The minimum Gasteiger partial charge on any atom is -0.480 e. The Balaban J connectivity index is 1.24. The fraction of sp³-hybridized carbons (Fsp3) is 0.222. The van der Waals surface area contributed by atoms with E-state index in [0.717, 1.165) is 33.5 Å². The number of ether oxygens (including phenoxy) is 2. The minimum absolute atomic E-state index is 0.0560. The molecule has 3 aromatic carbocycles. The van der Waals surface area contributed by atoms with Gasteiger partial charge in [-0.25, -0.2) is 14.4 Å². The molecule has 1 amide bonds. The van der Waals surface area contributed by atoms with Gasteiger partial charge < -0.3 is 19.9 Å². The van der Waals surface area contributed by atoms with Crippen molar-refractivity contribution in [2.24, 2.45) is 0 Å². The second kappa shape index (κ2) is 11.9. The minimum atomic E-state index is -1.31. The topological polar surface area (TPSA) is 120 Å². The summed E-state index contributed by atoms with van der Waals surface area (Å²) in [4.78, 5) is 43.0. The Morgan fingerprint density at radius 1 is 0.933 bits per heavy atom. The van der Waals surface area contributed by atoms with E-state index in [-0.39, 0.29) is 18.9 Å². The zero-order valence-electron chi connectivity index (χ0n) is 25.2. The van der Waals surface area contributed by atoms with Gasteiger partial charge in [0.15, 0.2) is 0 Å². The van der Waals surface area contributed by atoms with Gasteiger partial charge >= 0.3 is 18.2 Å². The number of amides is 1. The zero-order chi connectivity index (χ0) is 31.7. The monoisotopic (exact) mass is 603 g/mol. The molecular weight excluding hydrogens is 570 g/mol. The van der Waals surface area contributed by atoms with Crippen LogP contribution in [0.5, 0.6) is 0 Å². The van der Waals surface area contributed by atoms with Crippen molar-refractivity contribution < 1.29 is 29.0 Å². The lowest BCUT2D eigenvalue weighted by Crippen LogP contribution is -2.42. The predicted octanol–water partition coefficient (Wildman–Crippen LogP) is 7.02. The predicted molar refractivity (Wildman–Crippen MR) is 170 cm³/mol. The van der Waals surface area contributed by atoms with E-state index >= 15 is 0 Å². The Kier molecular flexibility index (Phi) is 7.85. The zero-order valence-corrected chi connectivity index (χ0v) is 25.2. The molecule has 9 nitrogen and oxygen atoms in total. The van der Waals surface area contributed by atoms with E-state index in [2.05, 4.69) is 10.3 Å². The third-order valence-electron chi connectivity index (χ3n) is 7.80. The van der Waals surface area contributed by atoms with Crippen LogP contribution in [0.25, 0.3) is 33.3 Å². The average Bonchev–Trinajstić information content (AvgIpc) is 3.54. The molecule has 2 aromatic heterocycles. The van der Waals surface area contributed by atoms with Crippen molar-refractivity contribution in [1.82, 2.24) is 14.9 Å². The molecule has 5 aromatic rings. The number of aromatic nitrogens is 2. The maximum atomic E-state index is 13.2. The van der Waals surface area contributed by atoms with Crippen LogP contribution in [0, 0.1) is 0 Å². The summed E-state index contributed by atoms with van der Waals surface area (Å²) in [5, 5.41) is 13.3. The van der Waals surface area contributed by atoms with Gasteiger partial charge in [0, 0.05) is 35.7 Å². The molecule has 1 atom stereocenters. The Bertz CT molecular complexity index is 1860. The summed E-state index contributed by atoms with van der Waals surface area (Å²) in [5.41, 5.74) is 6.14. The van der Waals surface area contributed by atoms with E-state index in [4.69, 9.17) is 9.47 Å². The summed E-state index contributed by atoms with van der Waals surface area (Å²) < 4.78 is 12.6. The number of alkyl carbamates (subject to hydrolysis) is 1. The van der Waals surface area contributed by atoms with Crippen LogP contribution in [0.4, 0.5) is 9.59 Å². The lowest BCUT2D eigenvalue weighted by atomic mass is 9.98. The van der Waals surface area contributed by atoms with Gasteiger partial charge in [-0.05, 0) is 66.8 Å². The van der Waals surface area contributed by atoms with Crippen LogP contribution >= 0.6 is 0 Å². The second-order valence-corrected chi connectivity index (χ2v) is 12.0. The van der Waals surface area contributed by atoms with Crippen LogP contribution in [0.3, 0.4) is 0 Å². The number of rotatable bonds is 7. The van der Waals surface area contributed by atoms with Gasteiger partial charge in [0.25, 0.3) is 0 Å². The first-order chi connectivity index (χ1) is 21.6. The number of hydrogen-bond donors (Lipinski definition) is 2.